The lowest BCUT2D eigenvalue weighted by atomic mass is 10.2. The second kappa shape index (κ2) is 6.88. The van der Waals surface area contributed by atoms with Gasteiger partial charge < -0.3 is 10.5 Å². The van der Waals surface area contributed by atoms with Crippen molar-refractivity contribution >= 4 is 17.9 Å². The number of hydrogen-bond donors (Lipinski definition) is 2. The number of hydrogen-bond acceptors (Lipinski definition) is 4. The van der Waals surface area contributed by atoms with E-state index in [1.54, 1.807) is 20.8 Å². The number of carbonyl (C=O) groups is 3. The van der Waals surface area contributed by atoms with Gasteiger partial charge in [0.2, 0.25) is 11.8 Å². The minimum atomic E-state index is -0.752. The van der Waals surface area contributed by atoms with E-state index < -0.39 is 23.5 Å². The van der Waals surface area contributed by atoms with E-state index in [9.17, 15) is 14.4 Å². The highest BCUT2D eigenvalue weighted by Crippen LogP contribution is 2.06. The van der Waals surface area contributed by atoms with E-state index in [0.717, 1.165) is 0 Å². The highest BCUT2D eigenvalue weighted by molar-refractivity contribution is 5.91. The Balaban J connectivity index is 3.72. The van der Waals surface area contributed by atoms with Gasteiger partial charge in [0.25, 0.3) is 0 Å². The van der Waals surface area contributed by atoms with Crippen LogP contribution in [0, 0.1) is 0 Å². The largest absolute Gasteiger partial charge is 0.444 e. The predicted octanol–water partition coefficient (Wildman–Crippen LogP) is 1.08. The third kappa shape index (κ3) is 10.7. The summed E-state index contributed by atoms with van der Waals surface area (Å²) < 4.78 is 4.91. The Morgan fingerprint density at radius 1 is 1.12 bits per heavy atom. The van der Waals surface area contributed by atoms with E-state index >= 15 is 0 Å². The van der Waals surface area contributed by atoms with E-state index in [1.807, 2.05) is 0 Å². The molecule has 6 heteroatoms. The average Bonchev–Trinajstić information content (AvgIpc) is 2.08. The lowest BCUT2D eigenvalue weighted by molar-refractivity contribution is -0.121. The lowest BCUT2D eigenvalue weighted by Gasteiger charge is -2.19. The highest BCUT2D eigenvalue weighted by Gasteiger charge is 2.17. The number of rotatable bonds is 5. The van der Waals surface area contributed by atoms with Crippen LogP contribution in [-0.4, -0.2) is 23.5 Å². The molecule has 0 atom stereocenters. The summed E-state index contributed by atoms with van der Waals surface area (Å²) in [6.45, 7) is 5.14. The molecule has 0 saturated carbocycles. The summed E-state index contributed by atoms with van der Waals surface area (Å²) in [5.41, 5.74) is 4.32. The zero-order valence-electron chi connectivity index (χ0n) is 10.5. The van der Waals surface area contributed by atoms with Gasteiger partial charge in [-0.1, -0.05) is 0 Å². The minimum Gasteiger partial charge on any atom is -0.444 e. The Hall–Kier alpha value is -1.59. The van der Waals surface area contributed by atoms with Crippen LogP contribution in [0.1, 0.15) is 46.5 Å². The molecule has 0 saturated heterocycles. The van der Waals surface area contributed by atoms with Gasteiger partial charge in [-0.05, 0) is 33.6 Å². The first-order valence-corrected chi connectivity index (χ1v) is 5.52. The van der Waals surface area contributed by atoms with Crippen molar-refractivity contribution in [3.63, 3.8) is 0 Å². The van der Waals surface area contributed by atoms with E-state index in [-0.39, 0.29) is 12.8 Å². The van der Waals surface area contributed by atoms with Gasteiger partial charge in [0.1, 0.15) is 5.60 Å². The van der Waals surface area contributed by atoms with Crippen LogP contribution < -0.4 is 11.1 Å². The number of nitrogens with one attached hydrogen (secondary N) is 1. The van der Waals surface area contributed by atoms with E-state index in [4.69, 9.17) is 10.5 Å². The molecule has 0 rings (SSSR count). The molecule has 0 aliphatic rings. The summed E-state index contributed by atoms with van der Waals surface area (Å²) >= 11 is 0. The Labute approximate surface area is 101 Å². The smallest absolute Gasteiger partial charge is 0.414 e. The number of nitrogens with two attached hydrogens (primary N) is 1. The van der Waals surface area contributed by atoms with Crippen molar-refractivity contribution in [1.29, 1.82) is 0 Å². The molecule has 0 aliphatic carbocycles. The maximum absolute atomic E-state index is 11.3. The van der Waals surface area contributed by atoms with Crippen molar-refractivity contribution in [2.75, 3.05) is 0 Å². The number of unbranched alkanes of at least 4 members (excludes halogenated alkanes) is 1. The molecule has 6 nitrogen and oxygen atoms in total. The number of imide groups is 1. The summed E-state index contributed by atoms with van der Waals surface area (Å²) in [5.74, 6) is -0.804. The van der Waals surface area contributed by atoms with Gasteiger partial charge >= 0.3 is 6.09 Å². The number of carbonyl (C=O) groups excluding carboxylic acids is 3. The maximum Gasteiger partial charge on any atom is 0.414 e. The quantitative estimate of drug-likeness (QED) is 0.707. The van der Waals surface area contributed by atoms with Crippen molar-refractivity contribution in [1.82, 2.24) is 5.32 Å². The van der Waals surface area contributed by atoms with Crippen LogP contribution in [0.5, 0.6) is 0 Å². The fourth-order valence-corrected chi connectivity index (χ4v) is 1.06. The van der Waals surface area contributed by atoms with Gasteiger partial charge in [0.05, 0.1) is 0 Å². The molecule has 0 heterocycles. The SMILES string of the molecule is CC(C)(C)OC(=O)NC(=O)CCCCC(N)=O. The first-order chi connectivity index (χ1) is 7.70. The number of primary amides is 1. The molecule has 0 bridgehead atoms. The summed E-state index contributed by atoms with van der Waals surface area (Å²) in [5, 5.41) is 2.11. The van der Waals surface area contributed by atoms with Crippen LogP contribution in [-0.2, 0) is 14.3 Å². The van der Waals surface area contributed by atoms with Gasteiger partial charge in [-0.2, -0.15) is 0 Å². The number of alkyl carbamates (subject to hydrolysis) is 1. The van der Waals surface area contributed by atoms with Crippen molar-refractivity contribution in [3.05, 3.63) is 0 Å². The molecule has 98 valence electrons. The second-order valence-electron chi connectivity index (χ2n) is 4.72. The third-order valence-corrected chi connectivity index (χ3v) is 1.72. The predicted molar refractivity (Wildman–Crippen MR) is 62.0 cm³/mol. The monoisotopic (exact) mass is 244 g/mol. The highest BCUT2D eigenvalue weighted by atomic mass is 16.6. The van der Waals surface area contributed by atoms with Crippen LogP contribution >= 0.6 is 0 Å². The fourth-order valence-electron chi connectivity index (χ4n) is 1.06. The maximum atomic E-state index is 11.3. The summed E-state index contributed by atoms with van der Waals surface area (Å²) in [4.78, 5) is 32.9. The first kappa shape index (κ1) is 15.4. The Morgan fingerprint density at radius 2 is 1.65 bits per heavy atom. The molecular weight excluding hydrogens is 224 g/mol. The zero-order chi connectivity index (χ0) is 13.5. The molecule has 0 aromatic carbocycles. The molecule has 17 heavy (non-hydrogen) atoms. The van der Waals surface area contributed by atoms with Crippen molar-refractivity contribution in [2.45, 2.75) is 52.1 Å². The molecule has 0 unspecified atom stereocenters. The zero-order valence-corrected chi connectivity index (χ0v) is 10.5. The molecule has 0 fully saturated rings. The Kier molecular flexibility index (Phi) is 6.23. The van der Waals surface area contributed by atoms with Crippen LogP contribution in [0.15, 0.2) is 0 Å². The van der Waals surface area contributed by atoms with Gasteiger partial charge in [-0.15, -0.1) is 0 Å². The van der Waals surface area contributed by atoms with Crippen LogP contribution in [0.2, 0.25) is 0 Å². The van der Waals surface area contributed by atoms with Crippen LogP contribution in [0.25, 0.3) is 0 Å². The molecular formula is C11H20N2O4. The van der Waals surface area contributed by atoms with Crippen molar-refractivity contribution in [2.24, 2.45) is 5.73 Å². The molecule has 3 N–H and O–H groups in total. The number of amides is 3. The Morgan fingerprint density at radius 3 is 2.12 bits per heavy atom. The van der Waals surface area contributed by atoms with Crippen molar-refractivity contribution in [3.8, 4) is 0 Å². The molecule has 0 spiro atoms. The molecule has 0 aromatic rings. The summed E-state index contributed by atoms with van der Waals surface area (Å²) in [6, 6.07) is 0. The second-order valence-corrected chi connectivity index (χ2v) is 4.72. The molecule has 0 aromatic heterocycles. The standard InChI is InChI=1S/C11H20N2O4/c1-11(2,3)17-10(16)13-9(15)7-5-4-6-8(12)14/h4-7H2,1-3H3,(H2,12,14)(H,13,15,16). The summed E-state index contributed by atoms with van der Waals surface area (Å²) in [7, 11) is 0. The van der Waals surface area contributed by atoms with Gasteiger partial charge in [0, 0.05) is 12.8 Å². The average molecular weight is 244 g/mol. The van der Waals surface area contributed by atoms with Gasteiger partial charge in [-0.3, -0.25) is 14.9 Å². The van der Waals surface area contributed by atoms with E-state index in [0.29, 0.717) is 12.8 Å². The minimum absolute atomic E-state index is 0.173. The summed E-state index contributed by atoms with van der Waals surface area (Å²) in [6.07, 6.45) is 0.721. The normalized spacial score (nSPS) is 10.8. The van der Waals surface area contributed by atoms with Crippen molar-refractivity contribution < 1.29 is 19.1 Å². The topological polar surface area (TPSA) is 98.5 Å². The van der Waals surface area contributed by atoms with E-state index in [2.05, 4.69) is 5.32 Å². The molecule has 0 radical (unpaired) electrons. The molecule has 0 aliphatic heterocycles. The number of ether oxygens (including phenoxy) is 1. The molecule has 3 amide bonds. The Bertz CT molecular complexity index is 294. The van der Waals surface area contributed by atoms with E-state index in [1.165, 1.54) is 0 Å². The van der Waals surface area contributed by atoms with Gasteiger partial charge in [-0.25, -0.2) is 4.79 Å². The lowest BCUT2D eigenvalue weighted by Crippen LogP contribution is -2.36. The van der Waals surface area contributed by atoms with Crippen LogP contribution in [0.3, 0.4) is 0 Å². The third-order valence-electron chi connectivity index (χ3n) is 1.72. The van der Waals surface area contributed by atoms with Crippen LogP contribution in [0.4, 0.5) is 4.79 Å². The van der Waals surface area contributed by atoms with Gasteiger partial charge in [0.15, 0.2) is 0 Å². The first-order valence-electron chi connectivity index (χ1n) is 5.52. The fraction of sp³-hybridized carbons (Fsp3) is 0.727.